The number of benzene rings is 3. The Morgan fingerprint density at radius 2 is 1.60 bits per heavy atom. The van der Waals surface area contributed by atoms with E-state index in [0.29, 0.717) is 35.6 Å². The van der Waals surface area contributed by atoms with Gasteiger partial charge in [0.2, 0.25) is 0 Å². The van der Waals surface area contributed by atoms with Crippen molar-refractivity contribution < 1.29 is 23.7 Å². The Kier molecular flexibility index (Phi) is 10.4. The zero-order valence-corrected chi connectivity index (χ0v) is 23.6. The maximum absolute atomic E-state index is 13.3. The van der Waals surface area contributed by atoms with Gasteiger partial charge in [-0.15, -0.1) is 0 Å². The molecule has 3 aromatic carbocycles. The maximum atomic E-state index is 13.3. The zero-order chi connectivity index (χ0) is 25.1. The monoisotopic (exact) mass is 558 g/mol. The van der Waals surface area contributed by atoms with Crippen LogP contribution in [0.2, 0.25) is 25.7 Å². The van der Waals surface area contributed by atoms with Gasteiger partial charge in [-0.25, -0.2) is 0 Å². The van der Waals surface area contributed by atoms with Crippen molar-refractivity contribution in [3.05, 3.63) is 89.5 Å². The molecule has 3 rings (SSSR count). The fraction of sp³-hybridized carbons (Fsp3) is 0.321. The van der Waals surface area contributed by atoms with Gasteiger partial charge in [0.05, 0.1) is 0 Å². The van der Waals surface area contributed by atoms with Crippen LogP contribution in [-0.4, -0.2) is 49.5 Å². The second kappa shape index (κ2) is 13.5. The van der Waals surface area contributed by atoms with Crippen LogP contribution in [0.15, 0.2) is 72.8 Å². The number of rotatable bonds is 13. The van der Waals surface area contributed by atoms with Gasteiger partial charge in [0.15, 0.2) is 0 Å². The molecule has 0 saturated carbocycles. The van der Waals surface area contributed by atoms with Crippen LogP contribution in [0.4, 0.5) is 0 Å². The molecule has 0 fully saturated rings. The first-order valence-corrected chi connectivity index (χ1v) is 17.4. The average Bonchev–Trinajstić information content (AvgIpc) is 2.85. The van der Waals surface area contributed by atoms with Crippen molar-refractivity contribution in [1.29, 1.82) is 0 Å². The molecule has 186 valence electrons. The van der Waals surface area contributed by atoms with Gasteiger partial charge in [-0.05, 0) is 0 Å². The van der Waals surface area contributed by atoms with E-state index in [2.05, 4.69) is 31.8 Å². The van der Waals surface area contributed by atoms with Gasteiger partial charge in [-0.3, -0.25) is 0 Å². The van der Waals surface area contributed by atoms with Crippen molar-refractivity contribution in [3.8, 4) is 11.5 Å². The first kappa shape index (κ1) is 27.0. The van der Waals surface area contributed by atoms with Crippen LogP contribution >= 0.6 is 0 Å². The average molecular weight is 558 g/mol. The molecule has 0 saturated heterocycles. The summed E-state index contributed by atoms with van der Waals surface area (Å²) in [5.41, 5.74) is 2.39. The Labute approximate surface area is 215 Å². The van der Waals surface area contributed by atoms with Crippen LogP contribution in [0, 0.1) is 0 Å². The number of esters is 1. The van der Waals surface area contributed by atoms with Gasteiger partial charge < -0.3 is 0 Å². The van der Waals surface area contributed by atoms with E-state index in [1.54, 1.807) is 13.2 Å². The number of hydrogen-bond acceptors (Lipinski definition) is 5. The van der Waals surface area contributed by atoms with Crippen LogP contribution < -0.4 is 13.9 Å². The third-order valence-electron chi connectivity index (χ3n) is 5.16. The van der Waals surface area contributed by atoms with E-state index in [4.69, 9.17) is 18.9 Å². The van der Waals surface area contributed by atoms with E-state index >= 15 is 0 Å². The number of hydrogen-bond donors (Lipinski definition) is 0. The molecular weight excluding hydrogens is 523 g/mol. The first-order valence-electron chi connectivity index (χ1n) is 11.7. The number of ether oxygens (including phenoxy) is 4. The number of carbonyl (C=O) groups is 1. The molecule has 0 spiro atoms. The molecule has 0 heterocycles. The zero-order valence-electron chi connectivity index (χ0n) is 20.9. The second-order valence-corrected chi connectivity index (χ2v) is 17.2. The summed E-state index contributed by atoms with van der Waals surface area (Å²) in [5, 5.41) is 0.710. The SMILES string of the molecule is COCOc1cc(OCc2ccccc2)cc(C[Se]c2ccccc2)c1C(=O)OCC[Si](C)(C)C. The van der Waals surface area contributed by atoms with Gasteiger partial charge in [-0.2, -0.15) is 0 Å². The van der Waals surface area contributed by atoms with Crippen LogP contribution in [0.5, 0.6) is 11.5 Å². The summed E-state index contributed by atoms with van der Waals surface area (Å²) in [6, 6.07) is 24.9. The van der Waals surface area contributed by atoms with Gasteiger partial charge >= 0.3 is 216 Å². The first-order chi connectivity index (χ1) is 16.9. The van der Waals surface area contributed by atoms with Gasteiger partial charge in [-0.1, -0.05) is 0 Å². The van der Waals surface area contributed by atoms with Gasteiger partial charge in [0, 0.05) is 0 Å². The Balaban J connectivity index is 1.90. The molecule has 0 radical (unpaired) electrons. The van der Waals surface area contributed by atoms with E-state index in [1.807, 2.05) is 54.6 Å². The molecule has 0 aliphatic heterocycles. The molecule has 0 N–H and O–H groups in total. The van der Waals surface area contributed by atoms with Crippen molar-refractivity contribution in [2.75, 3.05) is 20.5 Å². The van der Waals surface area contributed by atoms with Crippen LogP contribution in [0.25, 0.3) is 0 Å². The Morgan fingerprint density at radius 1 is 0.914 bits per heavy atom. The molecule has 35 heavy (non-hydrogen) atoms. The van der Waals surface area contributed by atoms with Crippen LogP contribution in [0.3, 0.4) is 0 Å². The summed E-state index contributed by atoms with van der Waals surface area (Å²) in [4.78, 5) is 13.3. The molecular formula is C28H34O5SeSi. The van der Waals surface area contributed by atoms with Crippen molar-refractivity contribution in [2.45, 2.75) is 37.6 Å². The summed E-state index contributed by atoms with van der Waals surface area (Å²) >= 11 is 0.130. The molecule has 0 atom stereocenters. The molecule has 5 nitrogen and oxygen atoms in total. The second-order valence-electron chi connectivity index (χ2n) is 9.33. The van der Waals surface area contributed by atoms with E-state index in [9.17, 15) is 4.79 Å². The minimum atomic E-state index is -1.33. The Morgan fingerprint density at radius 3 is 2.26 bits per heavy atom. The molecule has 0 bridgehead atoms. The van der Waals surface area contributed by atoms with Crippen molar-refractivity contribution in [2.24, 2.45) is 0 Å². The standard InChI is InChI=1S/C28H34O5SeSi/c1-30-21-33-26-18-24(32-19-22-11-7-5-8-12-22)17-23(20-34-25-13-9-6-10-14-25)27(26)28(29)31-15-16-35(2,3)4/h5-14,17-18H,15-16,19-21H2,1-4H3. The molecule has 0 aliphatic rings. The predicted octanol–water partition coefficient (Wildman–Crippen LogP) is 5.27. The van der Waals surface area contributed by atoms with E-state index in [0.717, 1.165) is 17.2 Å². The van der Waals surface area contributed by atoms with E-state index < -0.39 is 8.07 Å². The summed E-state index contributed by atoms with van der Waals surface area (Å²) in [5.74, 6) is 0.717. The van der Waals surface area contributed by atoms with Crippen molar-refractivity contribution in [3.63, 3.8) is 0 Å². The molecule has 0 aliphatic carbocycles. The Bertz CT molecular complexity index is 1070. The van der Waals surface area contributed by atoms with E-state index in [1.165, 1.54) is 4.46 Å². The summed E-state index contributed by atoms with van der Waals surface area (Å²) in [7, 11) is 0.227. The predicted molar refractivity (Wildman–Crippen MR) is 144 cm³/mol. The molecule has 0 amide bonds. The number of methoxy groups -OCH3 is 1. The number of carbonyl (C=O) groups excluding carboxylic acids is 1. The molecule has 0 unspecified atom stereocenters. The topological polar surface area (TPSA) is 54.0 Å². The summed E-state index contributed by atoms with van der Waals surface area (Å²) in [6.45, 7) is 7.66. The van der Waals surface area contributed by atoms with Crippen molar-refractivity contribution >= 4 is 33.5 Å². The third-order valence-corrected chi connectivity index (χ3v) is 9.09. The fourth-order valence-electron chi connectivity index (χ4n) is 3.25. The van der Waals surface area contributed by atoms with Crippen molar-refractivity contribution in [1.82, 2.24) is 0 Å². The van der Waals surface area contributed by atoms with Gasteiger partial charge in [0.25, 0.3) is 0 Å². The molecule has 3 aromatic rings. The van der Waals surface area contributed by atoms with Crippen LogP contribution in [0.1, 0.15) is 21.5 Å². The third kappa shape index (κ3) is 9.19. The minimum absolute atomic E-state index is 0.0284. The molecule has 0 aromatic heterocycles. The Hall–Kier alpha value is -2.57. The van der Waals surface area contributed by atoms with E-state index in [-0.39, 0.29) is 27.7 Å². The summed E-state index contributed by atoms with van der Waals surface area (Å²) in [6.07, 6.45) is 0. The normalized spacial score (nSPS) is 11.2. The quantitative estimate of drug-likeness (QED) is 0.163. The fourth-order valence-corrected chi connectivity index (χ4v) is 5.85. The van der Waals surface area contributed by atoms with Gasteiger partial charge in [0.1, 0.15) is 0 Å². The van der Waals surface area contributed by atoms with Crippen LogP contribution in [-0.2, 0) is 21.4 Å². The molecule has 7 heteroatoms. The summed E-state index contributed by atoms with van der Waals surface area (Å²) < 4.78 is 24.1.